The van der Waals surface area contributed by atoms with Crippen LogP contribution in [0.4, 0.5) is 4.39 Å². The first-order valence-electron chi connectivity index (χ1n) is 6.31. The highest BCUT2D eigenvalue weighted by Crippen LogP contribution is 2.24. The number of carbonyl (C=O) groups excluding carboxylic acids is 1. The van der Waals surface area contributed by atoms with Crippen molar-refractivity contribution < 1.29 is 19.0 Å². The zero-order valence-corrected chi connectivity index (χ0v) is 11.1. The summed E-state index contributed by atoms with van der Waals surface area (Å²) in [5.74, 6) is -0.837. The highest BCUT2D eigenvalue weighted by molar-refractivity contribution is 5.95. The van der Waals surface area contributed by atoms with Crippen molar-refractivity contribution in [3.8, 4) is 0 Å². The molecule has 0 saturated carbocycles. The second kappa shape index (κ2) is 5.27. The number of aryl methyl sites for hydroxylation is 1. The largest absolute Gasteiger partial charge is 0.385 e. The third-order valence-corrected chi connectivity index (χ3v) is 3.66. The van der Waals surface area contributed by atoms with Crippen LogP contribution in [-0.4, -0.2) is 35.9 Å². The van der Waals surface area contributed by atoms with E-state index in [0.717, 1.165) is 0 Å². The fourth-order valence-corrected chi connectivity index (χ4v) is 2.17. The molecule has 2 rings (SSSR count). The molecule has 0 aromatic heterocycles. The van der Waals surface area contributed by atoms with Gasteiger partial charge in [-0.05, 0) is 31.5 Å². The van der Waals surface area contributed by atoms with Gasteiger partial charge < -0.3 is 15.2 Å². The Morgan fingerprint density at radius 2 is 2.37 bits per heavy atom. The van der Waals surface area contributed by atoms with E-state index < -0.39 is 11.4 Å². The Labute approximate surface area is 111 Å². The Hall–Kier alpha value is -1.46. The number of carbonyl (C=O) groups is 1. The van der Waals surface area contributed by atoms with Crippen molar-refractivity contribution in [1.82, 2.24) is 5.32 Å². The molecule has 5 heteroatoms. The molecule has 19 heavy (non-hydrogen) atoms. The number of halogens is 1. The molecule has 1 heterocycles. The Morgan fingerprint density at radius 1 is 1.63 bits per heavy atom. The van der Waals surface area contributed by atoms with E-state index in [1.807, 2.05) is 0 Å². The van der Waals surface area contributed by atoms with Crippen molar-refractivity contribution in [3.05, 3.63) is 35.1 Å². The van der Waals surface area contributed by atoms with Crippen molar-refractivity contribution in [2.75, 3.05) is 13.2 Å². The predicted octanol–water partition coefficient (Wildman–Crippen LogP) is 1.40. The summed E-state index contributed by atoms with van der Waals surface area (Å²) in [6.45, 7) is 4.09. The van der Waals surface area contributed by atoms with E-state index in [-0.39, 0.29) is 24.1 Å². The molecule has 0 spiro atoms. The number of benzene rings is 1. The van der Waals surface area contributed by atoms with Crippen LogP contribution in [-0.2, 0) is 4.74 Å². The summed E-state index contributed by atoms with van der Waals surface area (Å²) >= 11 is 0. The van der Waals surface area contributed by atoms with Gasteiger partial charge >= 0.3 is 0 Å². The molecular weight excluding hydrogens is 249 g/mol. The van der Waals surface area contributed by atoms with Gasteiger partial charge in [-0.1, -0.05) is 6.07 Å². The Kier molecular flexibility index (Phi) is 3.87. The van der Waals surface area contributed by atoms with Crippen LogP contribution < -0.4 is 5.32 Å². The molecule has 0 aliphatic carbocycles. The van der Waals surface area contributed by atoms with Crippen molar-refractivity contribution in [3.63, 3.8) is 0 Å². The van der Waals surface area contributed by atoms with E-state index in [1.165, 1.54) is 12.1 Å². The van der Waals surface area contributed by atoms with Gasteiger partial charge in [0.1, 0.15) is 11.4 Å². The number of hydrogen-bond acceptors (Lipinski definition) is 3. The maximum Gasteiger partial charge on any atom is 0.251 e. The average molecular weight is 267 g/mol. The standard InChI is InChI=1S/C14H18FNO3/c1-9-3-4-11(15)7-12(9)13(17)16-8-14(18)5-6-19-10(14)2/h3-4,7,10,18H,5-6,8H2,1-2H3,(H,16,17). The van der Waals surface area contributed by atoms with E-state index in [0.29, 0.717) is 18.6 Å². The second-order valence-electron chi connectivity index (χ2n) is 5.01. The van der Waals surface area contributed by atoms with Gasteiger partial charge in [0.25, 0.3) is 5.91 Å². The van der Waals surface area contributed by atoms with Crippen LogP contribution >= 0.6 is 0 Å². The lowest BCUT2D eigenvalue weighted by Gasteiger charge is -2.26. The summed E-state index contributed by atoms with van der Waals surface area (Å²) < 4.78 is 18.4. The monoisotopic (exact) mass is 267 g/mol. The highest BCUT2D eigenvalue weighted by atomic mass is 19.1. The minimum Gasteiger partial charge on any atom is -0.385 e. The predicted molar refractivity (Wildman–Crippen MR) is 68.5 cm³/mol. The summed E-state index contributed by atoms with van der Waals surface area (Å²) in [5, 5.41) is 12.9. The molecule has 104 valence electrons. The lowest BCUT2D eigenvalue weighted by molar-refractivity contribution is -0.0251. The fraction of sp³-hybridized carbons (Fsp3) is 0.500. The number of nitrogens with one attached hydrogen (secondary N) is 1. The maximum atomic E-state index is 13.1. The zero-order valence-electron chi connectivity index (χ0n) is 11.1. The third kappa shape index (κ3) is 2.93. The van der Waals surface area contributed by atoms with E-state index >= 15 is 0 Å². The molecule has 1 amide bonds. The molecule has 2 atom stereocenters. The SMILES string of the molecule is Cc1ccc(F)cc1C(=O)NCC1(O)CCOC1C. The first kappa shape index (κ1) is 14.0. The van der Waals surface area contributed by atoms with E-state index in [1.54, 1.807) is 19.9 Å². The van der Waals surface area contributed by atoms with Gasteiger partial charge in [0.15, 0.2) is 0 Å². The minimum absolute atomic E-state index is 0.100. The Bertz CT molecular complexity index is 492. The smallest absolute Gasteiger partial charge is 0.251 e. The summed E-state index contributed by atoms with van der Waals surface area (Å²) in [7, 11) is 0. The van der Waals surface area contributed by atoms with E-state index in [2.05, 4.69) is 5.32 Å². The third-order valence-electron chi connectivity index (χ3n) is 3.66. The van der Waals surface area contributed by atoms with Crippen molar-refractivity contribution in [2.45, 2.75) is 32.0 Å². The number of aliphatic hydroxyl groups is 1. The van der Waals surface area contributed by atoms with Crippen LogP contribution in [0.1, 0.15) is 29.3 Å². The van der Waals surface area contributed by atoms with Gasteiger partial charge in [-0.15, -0.1) is 0 Å². The first-order valence-corrected chi connectivity index (χ1v) is 6.31. The summed E-state index contributed by atoms with van der Waals surface area (Å²) in [4.78, 5) is 12.0. The van der Waals surface area contributed by atoms with Gasteiger partial charge in [0.2, 0.25) is 0 Å². The number of rotatable bonds is 3. The fourth-order valence-electron chi connectivity index (χ4n) is 2.17. The lowest BCUT2D eigenvalue weighted by Crippen LogP contribution is -2.47. The topological polar surface area (TPSA) is 58.6 Å². The summed E-state index contributed by atoms with van der Waals surface area (Å²) in [5.41, 5.74) is -0.0616. The molecule has 1 aromatic rings. The van der Waals surface area contributed by atoms with Gasteiger partial charge in [0, 0.05) is 25.1 Å². The van der Waals surface area contributed by atoms with Crippen molar-refractivity contribution in [1.29, 1.82) is 0 Å². The van der Waals surface area contributed by atoms with Crippen molar-refractivity contribution in [2.24, 2.45) is 0 Å². The molecule has 1 aliphatic heterocycles. The first-order chi connectivity index (χ1) is 8.92. The van der Waals surface area contributed by atoms with Crippen LogP contribution in [0, 0.1) is 12.7 Å². The molecule has 2 N–H and O–H groups in total. The number of amides is 1. The molecule has 1 aromatic carbocycles. The molecule has 1 fully saturated rings. The van der Waals surface area contributed by atoms with Crippen LogP contribution in [0.3, 0.4) is 0 Å². The molecule has 1 saturated heterocycles. The zero-order chi connectivity index (χ0) is 14.0. The van der Waals surface area contributed by atoms with Gasteiger partial charge in [-0.3, -0.25) is 4.79 Å². The highest BCUT2D eigenvalue weighted by Gasteiger charge is 2.39. The second-order valence-corrected chi connectivity index (χ2v) is 5.01. The molecule has 2 unspecified atom stereocenters. The molecular formula is C14H18FNO3. The van der Waals surface area contributed by atoms with E-state index in [9.17, 15) is 14.3 Å². The van der Waals surface area contributed by atoms with Gasteiger partial charge in [-0.25, -0.2) is 4.39 Å². The molecule has 0 bridgehead atoms. The molecule has 0 radical (unpaired) electrons. The number of ether oxygens (including phenoxy) is 1. The van der Waals surface area contributed by atoms with Crippen LogP contribution in [0.2, 0.25) is 0 Å². The van der Waals surface area contributed by atoms with E-state index in [4.69, 9.17) is 4.74 Å². The summed E-state index contributed by atoms with van der Waals surface area (Å²) in [6.07, 6.45) is 0.165. The normalized spacial score (nSPS) is 26.4. The lowest BCUT2D eigenvalue weighted by atomic mass is 9.96. The van der Waals surface area contributed by atoms with Crippen LogP contribution in [0.15, 0.2) is 18.2 Å². The summed E-state index contributed by atoms with van der Waals surface area (Å²) in [6, 6.07) is 4.07. The quantitative estimate of drug-likeness (QED) is 0.870. The maximum absolute atomic E-state index is 13.1. The molecule has 1 aliphatic rings. The van der Waals surface area contributed by atoms with Gasteiger partial charge in [-0.2, -0.15) is 0 Å². The average Bonchev–Trinajstić information content (AvgIpc) is 2.70. The van der Waals surface area contributed by atoms with Crippen molar-refractivity contribution >= 4 is 5.91 Å². The molecule has 4 nitrogen and oxygen atoms in total. The Balaban J connectivity index is 2.03. The Morgan fingerprint density at radius 3 is 3.00 bits per heavy atom. The van der Waals surface area contributed by atoms with Gasteiger partial charge in [0.05, 0.1) is 6.10 Å². The minimum atomic E-state index is -1.04. The van der Waals surface area contributed by atoms with Crippen LogP contribution in [0.25, 0.3) is 0 Å². The number of hydrogen-bond donors (Lipinski definition) is 2. The van der Waals surface area contributed by atoms with Crippen LogP contribution in [0.5, 0.6) is 0 Å².